The Labute approximate surface area is 138 Å². The molecule has 2 N–H and O–H groups in total. The fourth-order valence-corrected chi connectivity index (χ4v) is 2.41. The second-order valence-electron chi connectivity index (χ2n) is 5.17. The van der Waals surface area contributed by atoms with E-state index in [0.717, 1.165) is 28.0 Å². The summed E-state index contributed by atoms with van der Waals surface area (Å²) in [7, 11) is 1.64. The summed E-state index contributed by atoms with van der Waals surface area (Å²) in [5.41, 5.74) is 3.34. The average Bonchev–Trinajstić information content (AvgIpc) is 3.11. The number of hydrogen-bond donors (Lipinski definition) is 2. The van der Waals surface area contributed by atoms with Crippen LogP contribution in [-0.4, -0.2) is 27.3 Å². The van der Waals surface area contributed by atoms with Gasteiger partial charge >= 0.3 is 0 Å². The minimum absolute atomic E-state index is 0.622. The Hall–Kier alpha value is -3.41. The van der Waals surface area contributed by atoms with E-state index in [1.165, 1.54) is 0 Å². The van der Waals surface area contributed by atoms with E-state index in [4.69, 9.17) is 4.74 Å². The van der Waals surface area contributed by atoms with Gasteiger partial charge in [0.05, 0.1) is 13.3 Å². The molecule has 0 fully saturated rings. The highest BCUT2D eigenvalue weighted by molar-refractivity contribution is 5.88. The number of ether oxygens (including phenoxy) is 1. The van der Waals surface area contributed by atoms with Crippen LogP contribution in [0.2, 0.25) is 0 Å². The number of H-pyrrole nitrogens is 1. The number of nitrogens with one attached hydrogen (secondary N) is 2. The van der Waals surface area contributed by atoms with Gasteiger partial charge in [0.25, 0.3) is 0 Å². The first-order valence-electron chi connectivity index (χ1n) is 7.42. The highest BCUT2D eigenvalue weighted by Crippen LogP contribution is 2.26. The number of benzene rings is 2. The van der Waals surface area contributed by atoms with Gasteiger partial charge < -0.3 is 10.1 Å². The van der Waals surface area contributed by atoms with E-state index in [-0.39, 0.29) is 0 Å². The topological polar surface area (TPSA) is 75.7 Å². The maximum Gasteiger partial charge on any atom is 0.162 e. The van der Waals surface area contributed by atoms with Crippen LogP contribution < -0.4 is 10.1 Å². The smallest absolute Gasteiger partial charge is 0.162 e. The summed E-state index contributed by atoms with van der Waals surface area (Å²) in [6.07, 6.45) is 1.69. The Balaban J connectivity index is 1.79. The quantitative estimate of drug-likeness (QED) is 0.602. The van der Waals surface area contributed by atoms with Crippen molar-refractivity contribution in [3.63, 3.8) is 0 Å². The molecule has 4 aromatic rings. The van der Waals surface area contributed by atoms with Crippen LogP contribution in [-0.2, 0) is 0 Å². The van der Waals surface area contributed by atoms with E-state index >= 15 is 0 Å². The summed E-state index contributed by atoms with van der Waals surface area (Å²) < 4.78 is 5.19. The van der Waals surface area contributed by atoms with Crippen molar-refractivity contribution in [3.05, 3.63) is 60.8 Å². The Bertz CT molecular complexity index is 964. The van der Waals surface area contributed by atoms with E-state index in [1.807, 2.05) is 48.5 Å². The number of nitrogens with zero attached hydrogens (tertiary/aromatic N) is 3. The van der Waals surface area contributed by atoms with Gasteiger partial charge in [-0.1, -0.05) is 12.1 Å². The van der Waals surface area contributed by atoms with Crippen molar-refractivity contribution in [2.45, 2.75) is 0 Å². The molecule has 0 spiro atoms. The van der Waals surface area contributed by atoms with E-state index in [0.29, 0.717) is 11.6 Å². The summed E-state index contributed by atoms with van der Waals surface area (Å²) in [4.78, 5) is 9.22. The van der Waals surface area contributed by atoms with E-state index in [9.17, 15) is 0 Å². The van der Waals surface area contributed by atoms with Crippen LogP contribution >= 0.6 is 0 Å². The Morgan fingerprint density at radius 1 is 1.04 bits per heavy atom. The molecule has 0 bridgehead atoms. The molecular formula is C18H14N5O. The largest absolute Gasteiger partial charge is 0.497 e. The SMILES string of the molecule is COc1ccc(-c2nc(Nc3cc[c]cc3)c3[nH]ncc3n2)cc1. The number of hydrogen-bond acceptors (Lipinski definition) is 5. The first-order chi connectivity index (χ1) is 11.8. The van der Waals surface area contributed by atoms with E-state index in [2.05, 4.69) is 31.5 Å². The lowest BCUT2D eigenvalue weighted by molar-refractivity contribution is 0.415. The van der Waals surface area contributed by atoms with Gasteiger partial charge in [-0.25, -0.2) is 9.97 Å². The molecule has 0 amide bonds. The highest BCUT2D eigenvalue weighted by Gasteiger charge is 2.11. The van der Waals surface area contributed by atoms with Crippen molar-refractivity contribution in [3.8, 4) is 17.1 Å². The highest BCUT2D eigenvalue weighted by atomic mass is 16.5. The maximum absolute atomic E-state index is 5.19. The monoisotopic (exact) mass is 316 g/mol. The van der Waals surface area contributed by atoms with Crippen LogP contribution in [0.5, 0.6) is 5.75 Å². The average molecular weight is 316 g/mol. The predicted octanol–water partition coefficient (Wildman–Crippen LogP) is 3.57. The van der Waals surface area contributed by atoms with Crippen molar-refractivity contribution in [1.29, 1.82) is 0 Å². The van der Waals surface area contributed by atoms with Crippen LogP contribution in [0.3, 0.4) is 0 Å². The normalized spacial score (nSPS) is 10.7. The molecule has 0 saturated carbocycles. The maximum atomic E-state index is 5.19. The number of rotatable bonds is 4. The van der Waals surface area contributed by atoms with Gasteiger partial charge in [-0.05, 0) is 42.5 Å². The summed E-state index contributed by atoms with van der Waals surface area (Å²) >= 11 is 0. The van der Waals surface area contributed by atoms with Crippen molar-refractivity contribution in [2.24, 2.45) is 0 Å². The van der Waals surface area contributed by atoms with Crippen molar-refractivity contribution in [2.75, 3.05) is 12.4 Å². The Morgan fingerprint density at radius 2 is 1.83 bits per heavy atom. The number of aromatic amines is 1. The van der Waals surface area contributed by atoms with Crippen molar-refractivity contribution >= 4 is 22.5 Å². The van der Waals surface area contributed by atoms with Crippen LogP contribution in [0.25, 0.3) is 22.4 Å². The molecule has 4 rings (SSSR count). The van der Waals surface area contributed by atoms with Gasteiger partial charge in [-0.2, -0.15) is 5.10 Å². The number of fused-ring (bicyclic) bond motifs is 1. The zero-order valence-electron chi connectivity index (χ0n) is 12.9. The fraction of sp³-hybridized carbons (Fsp3) is 0.0556. The fourth-order valence-electron chi connectivity index (χ4n) is 2.41. The molecule has 6 heteroatoms. The molecule has 2 aromatic heterocycles. The summed E-state index contributed by atoms with van der Waals surface area (Å²) in [6.45, 7) is 0. The Morgan fingerprint density at radius 3 is 2.58 bits per heavy atom. The lowest BCUT2D eigenvalue weighted by Crippen LogP contribution is -1.99. The van der Waals surface area contributed by atoms with Gasteiger partial charge in [0.15, 0.2) is 11.6 Å². The molecule has 24 heavy (non-hydrogen) atoms. The first-order valence-corrected chi connectivity index (χ1v) is 7.42. The molecule has 117 valence electrons. The molecule has 2 aromatic carbocycles. The third-order valence-electron chi connectivity index (χ3n) is 3.63. The second-order valence-corrected chi connectivity index (χ2v) is 5.17. The van der Waals surface area contributed by atoms with Gasteiger partial charge in [0, 0.05) is 11.3 Å². The standard InChI is InChI=1S/C18H14N5O/c1-24-14-9-7-12(8-10-14)17-21-15-11-19-23-16(15)18(22-17)20-13-5-3-2-4-6-13/h3-11H,1H3,(H,19,23)(H,20,21,22). The van der Waals surface area contributed by atoms with Gasteiger partial charge in [0.2, 0.25) is 0 Å². The summed E-state index contributed by atoms with van der Waals surface area (Å²) in [5.74, 6) is 2.09. The summed E-state index contributed by atoms with van der Waals surface area (Å²) in [5, 5.41) is 10.3. The lowest BCUT2D eigenvalue weighted by Gasteiger charge is -2.09. The van der Waals surface area contributed by atoms with Gasteiger partial charge in [-0.15, -0.1) is 0 Å². The zero-order chi connectivity index (χ0) is 16.4. The molecule has 1 radical (unpaired) electrons. The van der Waals surface area contributed by atoms with Crippen LogP contribution in [0.1, 0.15) is 0 Å². The van der Waals surface area contributed by atoms with Gasteiger partial charge in [-0.3, -0.25) is 5.10 Å². The number of methoxy groups -OCH3 is 1. The molecule has 0 atom stereocenters. The minimum Gasteiger partial charge on any atom is -0.497 e. The van der Waals surface area contributed by atoms with E-state index in [1.54, 1.807) is 13.3 Å². The predicted molar refractivity (Wildman–Crippen MR) is 92.2 cm³/mol. The molecule has 6 nitrogen and oxygen atoms in total. The van der Waals surface area contributed by atoms with Gasteiger partial charge in [0.1, 0.15) is 16.8 Å². The molecule has 0 aliphatic carbocycles. The molecule has 2 heterocycles. The van der Waals surface area contributed by atoms with Crippen molar-refractivity contribution in [1.82, 2.24) is 20.2 Å². The lowest BCUT2D eigenvalue weighted by atomic mass is 10.2. The molecule has 0 saturated heterocycles. The van der Waals surface area contributed by atoms with Crippen LogP contribution in [0, 0.1) is 6.07 Å². The third-order valence-corrected chi connectivity index (χ3v) is 3.63. The van der Waals surface area contributed by atoms with Crippen molar-refractivity contribution < 1.29 is 4.74 Å². The minimum atomic E-state index is 0.622. The number of aromatic nitrogens is 4. The van der Waals surface area contributed by atoms with E-state index < -0.39 is 0 Å². The molecular weight excluding hydrogens is 302 g/mol. The third kappa shape index (κ3) is 2.65. The molecule has 0 aliphatic heterocycles. The number of anilines is 2. The Kier molecular flexibility index (Phi) is 3.55. The zero-order valence-corrected chi connectivity index (χ0v) is 12.9. The molecule has 0 unspecified atom stereocenters. The molecule has 0 aliphatic rings. The van der Waals surface area contributed by atoms with Crippen LogP contribution in [0.15, 0.2) is 54.7 Å². The second kappa shape index (κ2) is 6.00. The van der Waals surface area contributed by atoms with Crippen LogP contribution in [0.4, 0.5) is 11.5 Å². The first kappa shape index (κ1) is 14.2. The summed E-state index contributed by atoms with van der Waals surface area (Å²) in [6, 6.07) is 18.2.